The smallest absolute Gasteiger partial charge is 0.118 e. The average Bonchev–Trinajstić information content (AvgIpc) is 4.29. The Morgan fingerprint density at radius 3 is 0.764 bits per heavy atom. The van der Waals surface area contributed by atoms with Crippen LogP contribution in [0.5, 0.6) is 11.5 Å². The molecule has 356 valence electrons. The van der Waals surface area contributed by atoms with Gasteiger partial charge in [0.05, 0.1) is 37.7 Å². The number of thiophene rings is 4. The van der Waals surface area contributed by atoms with Crippen molar-refractivity contribution in [3.8, 4) is 97.8 Å². The third kappa shape index (κ3) is 9.23. The normalized spacial score (nSPS) is 11.3. The predicted octanol–water partition coefficient (Wildman–Crippen LogP) is 18.8. The van der Waals surface area contributed by atoms with Crippen LogP contribution >= 0.6 is 68.8 Å². The maximum Gasteiger partial charge on any atom is 0.118 e. The van der Waals surface area contributed by atoms with Crippen LogP contribution in [0.1, 0.15) is 30.6 Å². The zero-order valence-electron chi connectivity index (χ0n) is 40.9. The summed E-state index contributed by atoms with van der Waals surface area (Å²) in [6.07, 6.45) is 0. The molecule has 0 spiro atoms. The molecule has 12 rings (SSSR count). The molecule has 6 aromatic heterocycles. The molecule has 0 aliphatic carbocycles. The van der Waals surface area contributed by atoms with Gasteiger partial charge in [0.25, 0.3) is 0 Å². The number of aryl methyl sites for hydroxylation is 6. The van der Waals surface area contributed by atoms with Crippen molar-refractivity contribution >= 4 is 90.9 Å². The Kier molecular flexibility index (Phi) is 13.3. The number of nitrogens with zero attached hydrogens (tertiary/aromatic N) is 4. The second-order valence-electron chi connectivity index (χ2n) is 17.8. The van der Waals surface area contributed by atoms with Crippen LogP contribution < -0.4 is 9.47 Å². The molecule has 0 radical (unpaired) electrons. The van der Waals surface area contributed by atoms with Crippen LogP contribution in [0.4, 0.5) is 0 Å². The molecular weight excluding hydrogens is 1000 g/mol. The van der Waals surface area contributed by atoms with E-state index in [9.17, 15) is 0 Å². The summed E-state index contributed by atoms with van der Waals surface area (Å²) in [6.45, 7) is 13.0. The minimum absolute atomic E-state index is 0.863. The number of fused-ring (bicyclic) bond motifs is 2. The van der Waals surface area contributed by atoms with Crippen LogP contribution in [0.2, 0.25) is 0 Å². The second kappa shape index (κ2) is 20.1. The molecule has 0 unspecified atom stereocenters. The molecule has 6 heterocycles. The summed E-state index contributed by atoms with van der Waals surface area (Å²) < 4.78 is 29.6. The number of hydrogen-bond donors (Lipinski definition) is 0. The summed E-state index contributed by atoms with van der Waals surface area (Å²) in [5.74, 6) is 1.73. The van der Waals surface area contributed by atoms with Crippen LogP contribution in [0.15, 0.2) is 146 Å². The molecule has 0 bridgehead atoms. The number of benzene rings is 6. The minimum Gasteiger partial charge on any atom is -0.497 e. The Hall–Kier alpha value is -6.64. The maximum atomic E-state index is 5.32. The summed E-state index contributed by atoms with van der Waals surface area (Å²) in [7, 11) is 3.38. The van der Waals surface area contributed by atoms with Crippen molar-refractivity contribution in [2.24, 2.45) is 0 Å². The van der Waals surface area contributed by atoms with E-state index in [0.29, 0.717) is 0 Å². The first-order chi connectivity index (χ1) is 35.0. The van der Waals surface area contributed by atoms with Gasteiger partial charge in [-0.05, 0) is 135 Å². The molecule has 0 aliphatic rings. The third-order valence-corrected chi connectivity index (χ3v) is 18.5. The predicted molar refractivity (Wildman–Crippen MR) is 311 cm³/mol. The van der Waals surface area contributed by atoms with Crippen molar-refractivity contribution in [3.05, 3.63) is 176 Å². The lowest BCUT2D eigenvalue weighted by atomic mass is 10.0. The molecule has 72 heavy (non-hydrogen) atoms. The van der Waals surface area contributed by atoms with Crippen molar-refractivity contribution in [3.63, 3.8) is 0 Å². The van der Waals surface area contributed by atoms with E-state index in [2.05, 4.69) is 163 Å². The maximum absolute atomic E-state index is 5.32. The monoisotopic (exact) mass is 1050 g/mol. The fourth-order valence-corrected chi connectivity index (χ4v) is 14.6. The number of rotatable bonds is 10. The Morgan fingerprint density at radius 2 is 0.528 bits per heavy atom. The van der Waals surface area contributed by atoms with E-state index < -0.39 is 0 Å². The molecule has 0 fully saturated rings. The highest BCUT2D eigenvalue weighted by atomic mass is 32.1. The van der Waals surface area contributed by atoms with Crippen LogP contribution in [0.3, 0.4) is 0 Å². The van der Waals surface area contributed by atoms with E-state index in [-0.39, 0.29) is 0 Å². The third-order valence-electron chi connectivity index (χ3n) is 13.1. The first kappa shape index (κ1) is 47.7. The molecule has 6 aromatic carbocycles. The van der Waals surface area contributed by atoms with E-state index in [0.717, 1.165) is 55.8 Å². The second-order valence-corrected chi connectivity index (χ2v) is 23.8. The van der Waals surface area contributed by atoms with Gasteiger partial charge in [-0.25, -0.2) is 0 Å². The van der Waals surface area contributed by atoms with Gasteiger partial charge in [-0.1, -0.05) is 108 Å². The van der Waals surface area contributed by atoms with Crippen LogP contribution in [0, 0.1) is 41.5 Å². The number of ether oxygens (including phenoxy) is 2. The Morgan fingerprint density at radius 1 is 0.292 bits per heavy atom. The highest BCUT2D eigenvalue weighted by Gasteiger charge is 2.21. The minimum atomic E-state index is 0.863. The Bertz CT molecular complexity index is 3640. The van der Waals surface area contributed by atoms with Crippen LogP contribution in [-0.2, 0) is 0 Å². The summed E-state index contributed by atoms with van der Waals surface area (Å²) in [5, 5.41) is 0. The molecule has 0 N–H and O–H groups in total. The highest BCUT2D eigenvalue weighted by molar-refractivity contribution is 7.17. The van der Waals surface area contributed by atoms with E-state index in [1.807, 2.05) is 46.9 Å². The lowest BCUT2D eigenvalue weighted by molar-refractivity contribution is 0.415. The van der Waals surface area contributed by atoms with Crippen LogP contribution in [0.25, 0.3) is 108 Å². The molecular formula is C60H48N4O2S6. The zero-order chi connectivity index (χ0) is 49.6. The summed E-state index contributed by atoms with van der Waals surface area (Å²) in [6, 6.07) is 52.0. The molecule has 12 aromatic rings. The lowest BCUT2D eigenvalue weighted by Gasteiger charge is -2.04. The van der Waals surface area contributed by atoms with Gasteiger partial charge in [0.15, 0.2) is 0 Å². The van der Waals surface area contributed by atoms with Gasteiger partial charge in [0.2, 0.25) is 0 Å². The van der Waals surface area contributed by atoms with Gasteiger partial charge in [-0.2, -0.15) is 17.5 Å². The average molecular weight is 1050 g/mol. The summed E-state index contributed by atoms with van der Waals surface area (Å²) >= 11 is 9.83. The van der Waals surface area contributed by atoms with Gasteiger partial charge in [0.1, 0.15) is 33.6 Å². The lowest BCUT2D eigenvalue weighted by Crippen LogP contribution is -1.83. The van der Waals surface area contributed by atoms with Gasteiger partial charge in [-0.15, -0.1) is 45.3 Å². The quantitative estimate of drug-likeness (QED) is 0.136. The Labute approximate surface area is 444 Å². The van der Waals surface area contributed by atoms with Crippen molar-refractivity contribution in [2.75, 3.05) is 14.2 Å². The van der Waals surface area contributed by atoms with E-state index in [4.69, 9.17) is 27.0 Å². The van der Waals surface area contributed by atoms with Crippen molar-refractivity contribution in [2.45, 2.75) is 41.5 Å². The molecule has 0 aliphatic heterocycles. The van der Waals surface area contributed by atoms with Crippen LogP contribution in [-0.4, -0.2) is 31.7 Å². The largest absolute Gasteiger partial charge is 0.497 e. The Balaban J connectivity index is 0.000000156. The van der Waals surface area contributed by atoms with Gasteiger partial charge >= 0.3 is 0 Å². The molecule has 0 atom stereocenters. The standard InChI is InChI=1S/C30H24N2O2S3.C30H24N2S3/c1-17-25(19-5-9-21(33-3)10-6-19)15-27(35-17)23-13-14-24(30-29(23)31-37-32-30)28-16-26(18(2)36-28)20-7-11-22(34-4)12-8-20;1-17-5-9-21(10-6-17)25-15-27(33-19(25)3)23-13-14-24(30-29(23)31-35-32-30)28-16-26(20(4)34-28)22-11-7-18(2)8-12-22/h5-16H,1-4H3;5-16H,1-4H3. The molecule has 0 saturated carbocycles. The fraction of sp³-hybridized carbons (Fsp3) is 0.133. The first-order valence-electron chi connectivity index (χ1n) is 23.4. The highest BCUT2D eigenvalue weighted by Crippen LogP contribution is 2.46. The van der Waals surface area contributed by atoms with Gasteiger partial charge in [0, 0.05) is 61.3 Å². The summed E-state index contributed by atoms with van der Waals surface area (Å²) in [4.78, 5) is 10.1. The molecule has 12 heteroatoms. The zero-order valence-corrected chi connectivity index (χ0v) is 45.8. The SMILES string of the molecule is COc1ccc(-c2cc(-c3ccc(-c4cc(-c5ccc(OC)cc5)c(C)s4)c4nsnc34)sc2C)cc1.Cc1ccc(-c2cc(-c3ccc(-c4cc(-c5ccc(C)cc5)c(C)s4)c4nsnc34)sc2C)cc1. The number of hydrogen-bond acceptors (Lipinski definition) is 12. The topological polar surface area (TPSA) is 70.0 Å². The van der Waals surface area contributed by atoms with Gasteiger partial charge in [-0.3, -0.25) is 0 Å². The first-order valence-corrected chi connectivity index (χ1v) is 28.1. The van der Waals surface area contributed by atoms with Crippen molar-refractivity contribution in [1.82, 2.24) is 17.5 Å². The molecule has 6 nitrogen and oxygen atoms in total. The number of methoxy groups -OCH3 is 2. The molecule has 0 saturated heterocycles. The van der Waals surface area contributed by atoms with Crippen molar-refractivity contribution in [1.29, 1.82) is 0 Å². The summed E-state index contributed by atoms with van der Waals surface area (Å²) in [5.41, 5.74) is 21.0. The van der Waals surface area contributed by atoms with Crippen molar-refractivity contribution < 1.29 is 9.47 Å². The van der Waals surface area contributed by atoms with E-state index >= 15 is 0 Å². The fourth-order valence-electron chi connectivity index (χ4n) is 9.14. The van der Waals surface area contributed by atoms with E-state index in [1.165, 1.54) is 118 Å². The number of aromatic nitrogens is 4. The van der Waals surface area contributed by atoms with E-state index in [1.54, 1.807) is 36.9 Å². The van der Waals surface area contributed by atoms with Gasteiger partial charge < -0.3 is 9.47 Å². The molecule has 0 amide bonds.